The van der Waals surface area contributed by atoms with Gasteiger partial charge < -0.3 is 5.32 Å². The van der Waals surface area contributed by atoms with Crippen molar-refractivity contribution in [1.82, 2.24) is 0 Å². The lowest BCUT2D eigenvalue weighted by Gasteiger charge is -2.15. The zero-order chi connectivity index (χ0) is 13.5. The Morgan fingerprint density at radius 3 is 2.39 bits per heavy atom. The molecule has 0 saturated heterocycles. The molecule has 0 unspecified atom stereocenters. The molecule has 1 aromatic rings. The third-order valence-electron chi connectivity index (χ3n) is 2.58. The highest BCUT2D eigenvalue weighted by molar-refractivity contribution is 6.39. The van der Waals surface area contributed by atoms with Crippen LogP contribution in [0.4, 0.5) is 5.69 Å². The predicted molar refractivity (Wildman–Crippen MR) is 82.4 cm³/mol. The lowest BCUT2D eigenvalue weighted by atomic mass is 10.1. The minimum absolute atomic E-state index is 0.601. The van der Waals surface area contributed by atoms with E-state index in [2.05, 4.69) is 24.9 Å². The molecule has 3 heteroatoms. The number of nitrogens with one attached hydrogen (secondary N) is 1. The van der Waals surface area contributed by atoms with Crippen LogP contribution in [0.2, 0.25) is 10.0 Å². The minimum atomic E-state index is 0.601. The molecule has 18 heavy (non-hydrogen) atoms. The minimum Gasteiger partial charge on any atom is -0.353 e. The average molecular weight is 282 g/mol. The third kappa shape index (κ3) is 3.66. The van der Waals surface area contributed by atoms with Crippen molar-refractivity contribution in [2.75, 3.05) is 5.32 Å². The highest BCUT2D eigenvalue weighted by atomic mass is 35.5. The summed E-state index contributed by atoms with van der Waals surface area (Å²) in [4.78, 5) is 0. The first-order valence-electron chi connectivity index (χ1n) is 5.83. The molecule has 0 aliphatic carbocycles. The zero-order valence-corrected chi connectivity index (χ0v) is 12.1. The van der Waals surface area contributed by atoms with E-state index in [9.17, 15) is 0 Å². The highest BCUT2D eigenvalue weighted by Gasteiger charge is 2.08. The topological polar surface area (TPSA) is 12.0 Å². The van der Waals surface area contributed by atoms with Crippen LogP contribution in [0.3, 0.4) is 0 Å². The molecule has 0 aliphatic heterocycles. The molecule has 96 valence electrons. The number of benzene rings is 1. The summed E-state index contributed by atoms with van der Waals surface area (Å²) >= 11 is 12.3. The fourth-order valence-electron chi connectivity index (χ4n) is 1.65. The summed E-state index contributed by atoms with van der Waals surface area (Å²) in [7, 11) is 0. The van der Waals surface area contributed by atoms with Gasteiger partial charge in [-0.3, -0.25) is 0 Å². The lowest BCUT2D eigenvalue weighted by Crippen LogP contribution is -2.03. The van der Waals surface area contributed by atoms with Crippen LogP contribution >= 0.6 is 23.2 Å². The summed E-state index contributed by atoms with van der Waals surface area (Å²) in [5.41, 5.74) is 2.87. The Kier molecular flexibility index (Phi) is 6.03. The van der Waals surface area contributed by atoms with Gasteiger partial charge >= 0.3 is 0 Å². The summed E-state index contributed by atoms with van der Waals surface area (Å²) in [6.07, 6.45) is 6.64. The van der Waals surface area contributed by atoms with Crippen LogP contribution in [-0.2, 0) is 0 Å². The first-order valence-corrected chi connectivity index (χ1v) is 6.58. The quantitative estimate of drug-likeness (QED) is 0.670. The van der Waals surface area contributed by atoms with E-state index in [1.165, 1.54) is 5.57 Å². The number of hydrogen-bond acceptors (Lipinski definition) is 1. The van der Waals surface area contributed by atoms with Crippen LogP contribution in [0.5, 0.6) is 0 Å². The van der Waals surface area contributed by atoms with E-state index in [1.807, 2.05) is 31.2 Å². The Morgan fingerprint density at radius 2 is 1.94 bits per heavy atom. The second-order valence-electron chi connectivity index (χ2n) is 3.71. The van der Waals surface area contributed by atoms with Crippen molar-refractivity contribution in [3.05, 3.63) is 64.3 Å². The van der Waals surface area contributed by atoms with Gasteiger partial charge in [-0.2, -0.15) is 0 Å². The van der Waals surface area contributed by atoms with E-state index in [4.69, 9.17) is 23.2 Å². The van der Waals surface area contributed by atoms with Crippen molar-refractivity contribution in [1.29, 1.82) is 0 Å². The summed E-state index contributed by atoms with van der Waals surface area (Å²) in [5.74, 6) is 0. The maximum atomic E-state index is 6.15. The van der Waals surface area contributed by atoms with E-state index in [0.29, 0.717) is 10.0 Å². The van der Waals surface area contributed by atoms with E-state index in [0.717, 1.165) is 17.8 Å². The van der Waals surface area contributed by atoms with Crippen molar-refractivity contribution >= 4 is 28.9 Å². The Balaban J connectivity index is 3.13. The zero-order valence-electron chi connectivity index (χ0n) is 10.6. The van der Waals surface area contributed by atoms with Crippen molar-refractivity contribution in [3.63, 3.8) is 0 Å². The predicted octanol–water partition coefficient (Wildman–Crippen LogP) is 5.83. The molecule has 0 amide bonds. The van der Waals surface area contributed by atoms with Crippen LogP contribution in [0.1, 0.15) is 20.3 Å². The van der Waals surface area contributed by atoms with E-state index < -0.39 is 0 Å². The van der Waals surface area contributed by atoms with E-state index in [-0.39, 0.29) is 0 Å². The molecular weight excluding hydrogens is 265 g/mol. The monoisotopic (exact) mass is 281 g/mol. The first kappa shape index (κ1) is 14.9. The second kappa shape index (κ2) is 7.30. The Labute approximate surface area is 119 Å². The largest absolute Gasteiger partial charge is 0.353 e. The normalized spacial score (nSPS) is 12.4. The summed E-state index contributed by atoms with van der Waals surface area (Å²) in [6.45, 7) is 7.83. The number of hydrogen-bond donors (Lipinski definition) is 1. The van der Waals surface area contributed by atoms with Gasteiger partial charge in [0.05, 0.1) is 15.7 Å². The molecule has 0 radical (unpaired) electrons. The van der Waals surface area contributed by atoms with Gasteiger partial charge in [0.2, 0.25) is 0 Å². The number of anilines is 1. The maximum Gasteiger partial charge on any atom is 0.0762 e. The molecule has 0 spiro atoms. The molecule has 0 heterocycles. The summed E-state index contributed by atoms with van der Waals surface area (Å²) in [5, 5.41) is 4.48. The van der Waals surface area contributed by atoms with Gasteiger partial charge in [0.25, 0.3) is 0 Å². The van der Waals surface area contributed by atoms with Gasteiger partial charge in [0, 0.05) is 5.70 Å². The molecule has 0 aliphatic rings. The number of para-hydroxylation sites is 1. The highest BCUT2D eigenvalue weighted by Crippen LogP contribution is 2.32. The second-order valence-corrected chi connectivity index (χ2v) is 4.52. The van der Waals surface area contributed by atoms with Crippen LogP contribution in [-0.4, -0.2) is 0 Å². The van der Waals surface area contributed by atoms with Gasteiger partial charge in [0.1, 0.15) is 0 Å². The van der Waals surface area contributed by atoms with Crippen molar-refractivity contribution in [3.8, 4) is 0 Å². The Morgan fingerprint density at radius 1 is 1.33 bits per heavy atom. The lowest BCUT2D eigenvalue weighted by molar-refractivity contribution is 1.10. The van der Waals surface area contributed by atoms with Crippen molar-refractivity contribution in [2.24, 2.45) is 0 Å². The SMILES string of the molecule is C=C/C=C(Nc1c(Cl)cccc1Cl)\C(=C/C)CC. The standard InChI is InChI=1S/C15H17Cl2N/c1-4-8-14(11(5-2)6-3)18-15-12(16)9-7-10-13(15)17/h4-5,7-10,18H,1,6H2,2-3H3/b11-5-,14-8+. The Bertz CT molecular complexity index is 467. The number of halogens is 2. The van der Waals surface area contributed by atoms with Crippen molar-refractivity contribution in [2.45, 2.75) is 20.3 Å². The van der Waals surface area contributed by atoms with Crippen LogP contribution in [0, 0.1) is 0 Å². The molecule has 1 N–H and O–H groups in total. The third-order valence-corrected chi connectivity index (χ3v) is 3.21. The van der Waals surface area contributed by atoms with Crippen LogP contribution in [0.15, 0.2) is 54.3 Å². The average Bonchev–Trinajstić information content (AvgIpc) is 2.35. The molecule has 1 nitrogen and oxygen atoms in total. The molecule has 0 fully saturated rings. The van der Waals surface area contributed by atoms with E-state index >= 15 is 0 Å². The fraction of sp³-hybridized carbons (Fsp3) is 0.200. The van der Waals surface area contributed by atoms with Gasteiger partial charge in [0.15, 0.2) is 0 Å². The molecule has 1 aromatic carbocycles. The van der Waals surface area contributed by atoms with Gasteiger partial charge in [-0.15, -0.1) is 0 Å². The van der Waals surface area contributed by atoms with Gasteiger partial charge in [-0.25, -0.2) is 0 Å². The smallest absolute Gasteiger partial charge is 0.0762 e. The molecule has 1 rings (SSSR count). The molecule has 0 aromatic heterocycles. The molecule has 0 bridgehead atoms. The van der Waals surface area contributed by atoms with E-state index in [1.54, 1.807) is 6.08 Å². The molecule has 0 atom stereocenters. The summed E-state index contributed by atoms with van der Waals surface area (Å²) < 4.78 is 0. The molecule has 0 saturated carbocycles. The maximum absolute atomic E-state index is 6.15. The van der Waals surface area contributed by atoms with Gasteiger partial charge in [-0.1, -0.05) is 54.9 Å². The Hall–Kier alpha value is -1.18. The van der Waals surface area contributed by atoms with Crippen molar-refractivity contribution < 1.29 is 0 Å². The fourth-order valence-corrected chi connectivity index (χ4v) is 2.14. The van der Waals surface area contributed by atoms with Gasteiger partial charge in [-0.05, 0) is 37.1 Å². The molecular formula is C15H17Cl2N. The number of allylic oxidation sites excluding steroid dienone is 4. The number of rotatable bonds is 5. The summed E-state index contributed by atoms with van der Waals surface area (Å²) in [6, 6.07) is 5.44. The first-order chi connectivity index (χ1) is 8.63. The van der Waals surface area contributed by atoms with Crippen LogP contribution in [0.25, 0.3) is 0 Å². The van der Waals surface area contributed by atoms with Crippen LogP contribution < -0.4 is 5.32 Å².